The van der Waals surface area contributed by atoms with Crippen LogP contribution in [0.15, 0.2) is 0 Å². The van der Waals surface area contributed by atoms with E-state index in [0.717, 1.165) is 0 Å². The van der Waals surface area contributed by atoms with Gasteiger partial charge in [-0.2, -0.15) is 0 Å². The molecule has 0 aliphatic heterocycles. The zero-order valence-electron chi connectivity index (χ0n) is 3.22. The van der Waals surface area contributed by atoms with Gasteiger partial charge in [0.15, 0.2) is 0 Å². The first-order valence-electron chi connectivity index (χ1n) is 0. The van der Waals surface area contributed by atoms with Gasteiger partial charge in [0.2, 0.25) is 0 Å². The monoisotopic (exact) mass is 582 g/mol. The molecule has 0 radical (unpaired) electrons. The van der Waals surface area contributed by atoms with Crippen molar-refractivity contribution in [1.29, 1.82) is 0 Å². The van der Waals surface area contributed by atoms with E-state index in [-0.39, 0.29) is 78.0 Å². The first-order valence-corrected chi connectivity index (χ1v) is 0. The van der Waals surface area contributed by atoms with E-state index in [1.807, 2.05) is 0 Å². The summed E-state index contributed by atoms with van der Waals surface area (Å²) < 4.78 is 0. The largest absolute Gasteiger partial charge is 0.358 e. The summed E-state index contributed by atoms with van der Waals surface area (Å²) in [4.78, 5) is 0. The van der Waals surface area contributed by atoms with Crippen molar-refractivity contribution in [2.24, 2.45) is 0 Å². The van der Waals surface area contributed by atoms with E-state index in [2.05, 4.69) is 0 Å². The van der Waals surface area contributed by atoms with Crippen LogP contribution >= 0.6 is 0 Å². The molecule has 0 amide bonds. The van der Waals surface area contributed by atoms with E-state index >= 15 is 0 Å². The van der Waals surface area contributed by atoms with Crippen LogP contribution in [0.3, 0.4) is 0 Å². The maximum atomic E-state index is 0. The molecule has 0 aliphatic rings. The van der Waals surface area contributed by atoms with E-state index in [1.54, 1.807) is 0 Å². The quantitative estimate of drug-likeness (QED) is 0.373. The second kappa shape index (κ2) is 36.5. The Bertz CT molecular complexity index is 4.85. The first-order chi connectivity index (χ1) is 0. The molecule has 0 N–H and O–H groups in total. The summed E-state index contributed by atoms with van der Waals surface area (Å²) in [7, 11) is 0. The molecule has 0 aromatic heterocycles. The van der Waals surface area contributed by atoms with Gasteiger partial charge in [-0.05, 0) is 0 Å². The fourth-order valence-corrected chi connectivity index (χ4v) is 0. The fraction of sp³-hybridized carbons (Fsp3) is 0. The fourth-order valence-electron chi connectivity index (χ4n) is 0. The topological polar surface area (TPSA) is 0 Å². The Morgan fingerprint density at radius 1 is 0.400 bits per heavy atom. The van der Waals surface area contributed by atoms with E-state index < -0.39 is 0 Å². The van der Waals surface area contributed by atoms with Gasteiger partial charge < -0.3 is 14.9 Å². The molecule has 0 spiro atoms. The summed E-state index contributed by atoms with van der Waals surface area (Å²) in [5.41, 5.74) is 0. The maximum Gasteiger partial charge on any atom is 0 e. The average Bonchev–Trinajstić information content (AvgIpc) is 0. The van der Waals surface area contributed by atoms with E-state index in [4.69, 9.17) is 0 Å². The second-order valence-electron chi connectivity index (χ2n) is 0. The van der Waals surface area contributed by atoms with Crippen molar-refractivity contribution < 1.29 is 63.2 Å². The van der Waals surface area contributed by atoms with Crippen LogP contribution in [0.1, 0.15) is 0 Å². The zero-order valence-corrected chi connectivity index (χ0v) is 12.0. The molecule has 0 heterocycles. The summed E-state index contributed by atoms with van der Waals surface area (Å²) in [6.45, 7) is 0. The Balaban J connectivity index is 0. The number of hydrogen-bond donors (Lipinski definition) is 0. The van der Waals surface area contributed by atoms with Crippen molar-refractivity contribution >= 4 is 0 Å². The van der Waals surface area contributed by atoms with Gasteiger partial charge in [-0.15, -0.1) is 0 Å². The number of hydrogen-bond acceptors (Lipinski definition) is 0. The van der Waals surface area contributed by atoms with Crippen molar-refractivity contribution in [2.45, 2.75) is 0 Å². The third-order valence-corrected chi connectivity index (χ3v) is 0. The second-order valence-corrected chi connectivity index (χ2v) is 0. The summed E-state index contributed by atoms with van der Waals surface area (Å²) in [6.07, 6.45) is 0. The van der Waals surface area contributed by atoms with Crippen LogP contribution in [0.2, 0.25) is 0 Å². The molecule has 0 aromatic rings. The molecule has 0 aromatic carbocycles. The Morgan fingerprint density at radius 2 is 0.400 bits per heavy atom. The molecular weight excluding hydrogens is 576 g/mol. The molecule has 0 aliphatic carbocycles. The van der Waals surface area contributed by atoms with Crippen molar-refractivity contribution in [3.63, 3.8) is 0 Å². The molecule has 34 valence electrons. The summed E-state index contributed by atoms with van der Waals surface area (Å²) in [5.74, 6) is 0. The van der Waals surface area contributed by atoms with Gasteiger partial charge in [0.25, 0.3) is 0 Å². The Hall–Kier alpha value is 2.06. The molecule has 0 nitrogen and oxygen atoms in total. The maximum absolute atomic E-state index is 0. The van der Waals surface area contributed by atoms with Gasteiger partial charge in [-0.25, -0.2) is 0 Å². The van der Waals surface area contributed by atoms with Crippen LogP contribution in [0.25, 0.3) is 0 Å². The van der Waals surface area contributed by atoms with Crippen LogP contribution in [0, 0.1) is 14.9 Å². The first kappa shape index (κ1) is 60.9. The molecule has 0 bridgehead atoms. The molecule has 5 heavy (non-hydrogen) atoms. The van der Waals surface area contributed by atoms with Crippen LogP contribution in [-0.2, 0) is 63.2 Å². The van der Waals surface area contributed by atoms with Gasteiger partial charge in [0, 0.05) is 63.2 Å². The summed E-state index contributed by atoms with van der Waals surface area (Å²) >= 11 is 0. The van der Waals surface area contributed by atoms with E-state index in [9.17, 15) is 0 Å². The molecule has 0 saturated carbocycles. The third kappa shape index (κ3) is 23.5. The summed E-state index contributed by atoms with van der Waals surface area (Å²) in [6, 6.07) is 0. The van der Waals surface area contributed by atoms with Crippen LogP contribution in [0.5, 0.6) is 0 Å². The average molecular weight is 582 g/mol. The molecule has 0 saturated heterocycles. The Kier molecular flexibility index (Phi) is 445. The minimum absolute atomic E-state index is 0. The minimum atomic E-state index is 0. The van der Waals surface area contributed by atoms with Crippen molar-refractivity contribution in [2.75, 3.05) is 0 Å². The van der Waals surface area contributed by atoms with Crippen molar-refractivity contribution in [1.82, 2.24) is 0 Å². The molecule has 0 atom stereocenters. The Morgan fingerprint density at radius 3 is 0.400 bits per heavy atom. The molecule has 0 fully saturated rings. The minimum Gasteiger partial charge on any atom is -0.358 e. The van der Waals surface area contributed by atoms with Crippen LogP contribution < -0.4 is 0 Å². The van der Waals surface area contributed by atoms with Crippen molar-refractivity contribution in [3.8, 4) is 0 Å². The van der Waals surface area contributed by atoms with Gasteiger partial charge in [0.05, 0.1) is 0 Å². The molecule has 3 heteroatoms. The van der Waals surface area contributed by atoms with Crippen LogP contribution in [0.4, 0.5) is 0 Å². The molecule has 0 unspecified atom stereocenters. The molecular formula is C2H6W3-2. The van der Waals surface area contributed by atoms with Crippen molar-refractivity contribution in [3.05, 3.63) is 14.9 Å². The standard InChI is InChI=1S/2CH3.3W/h2*1H3;;;/q2*-1;;;. The predicted molar refractivity (Wildman–Crippen MR) is 12.8 cm³/mol. The van der Waals surface area contributed by atoms with E-state index in [1.165, 1.54) is 0 Å². The smallest absolute Gasteiger partial charge is 0 e. The number of rotatable bonds is 0. The van der Waals surface area contributed by atoms with Crippen LogP contribution in [-0.4, -0.2) is 0 Å². The van der Waals surface area contributed by atoms with Gasteiger partial charge in [-0.3, -0.25) is 0 Å². The SMILES string of the molecule is [CH3-].[CH3-].[W].[W].[W]. The summed E-state index contributed by atoms with van der Waals surface area (Å²) in [5, 5.41) is 0. The Labute approximate surface area is 77.3 Å². The third-order valence-electron chi connectivity index (χ3n) is 0. The van der Waals surface area contributed by atoms with Gasteiger partial charge in [-0.1, -0.05) is 0 Å². The predicted octanol–water partition coefficient (Wildman–Crippen LogP) is 0.893. The zero-order chi connectivity index (χ0) is 0. The van der Waals surface area contributed by atoms with Gasteiger partial charge in [0.1, 0.15) is 0 Å². The van der Waals surface area contributed by atoms with E-state index in [0.29, 0.717) is 0 Å². The normalized spacial score (nSPS) is 0. The van der Waals surface area contributed by atoms with Gasteiger partial charge >= 0.3 is 0 Å². The molecule has 0 rings (SSSR count).